The topological polar surface area (TPSA) is 0 Å². The molecule has 0 fully saturated rings. The van der Waals surface area contributed by atoms with Crippen LogP contribution in [-0.2, 0) is 38.5 Å². The third-order valence-electron chi connectivity index (χ3n) is 10.1. The van der Waals surface area contributed by atoms with Crippen molar-refractivity contribution in [2.24, 2.45) is 5.92 Å². The Kier molecular flexibility index (Phi) is 15.2. The monoisotopic (exact) mass is 614 g/mol. The summed E-state index contributed by atoms with van der Waals surface area (Å²) in [5.41, 5.74) is 15.1. The highest BCUT2D eigenvalue weighted by molar-refractivity contribution is 5.86. The van der Waals surface area contributed by atoms with Crippen LogP contribution in [0, 0.1) is 5.92 Å². The summed E-state index contributed by atoms with van der Waals surface area (Å²) >= 11 is 0. The highest BCUT2D eigenvalue weighted by atomic mass is 14.2. The Morgan fingerprint density at radius 2 is 1.11 bits per heavy atom. The zero-order valence-corrected chi connectivity index (χ0v) is 30.0. The van der Waals surface area contributed by atoms with Crippen LogP contribution >= 0.6 is 0 Å². The maximum atomic E-state index is 2.63. The smallest absolute Gasteiger partial charge is 0.00731 e. The Balaban J connectivity index is 1.61. The Bertz CT molecular complexity index is 1430. The molecule has 4 aromatic carbocycles. The lowest BCUT2D eigenvalue weighted by Crippen LogP contribution is -2.09. The van der Waals surface area contributed by atoms with E-state index in [1.54, 1.807) is 22.3 Å². The van der Waals surface area contributed by atoms with Crippen molar-refractivity contribution in [3.05, 3.63) is 118 Å². The molecule has 0 spiro atoms. The number of benzene rings is 4. The van der Waals surface area contributed by atoms with Gasteiger partial charge in [-0.05, 0) is 126 Å². The minimum Gasteiger partial charge on any atom is -0.0654 e. The van der Waals surface area contributed by atoms with Crippen LogP contribution in [0.1, 0.15) is 132 Å². The van der Waals surface area contributed by atoms with Gasteiger partial charge in [-0.1, -0.05) is 158 Å². The van der Waals surface area contributed by atoms with E-state index in [0.29, 0.717) is 5.92 Å². The second-order valence-electron chi connectivity index (χ2n) is 13.7. The van der Waals surface area contributed by atoms with Crippen molar-refractivity contribution in [1.82, 2.24) is 0 Å². The molecule has 0 nitrogen and oxygen atoms in total. The molecule has 0 aliphatic rings. The standard InChI is InChI=1S/C46H62/c1-6-11-14-17-27-42-34-38(33-39(10-5)44(42)28-13-8-3)31-36(9-4)29-30-37-32-43(22-12-7-2)46(41-25-20-16-21-26-41)45(35-37)40-23-18-15-19-24-40/h15-16,18-21,23-26,32-36H,6-14,17,22,27-31H2,1-5H3. The van der Waals surface area contributed by atoms with E-state index in [1.165, 1.54) is 117 Å². The molecule has 0 aromatic heterocycles. The summed E-state index contributed by atoms with van der Waals surface area (Å²) in [7, 11) is 0. The third kappa shape index (κ3) is 10.2. The molecule has 0 amide bonds. The molecule has 246 valence electrons. The van der Waals surface area contributed by atoms with Gasteiger partial charge in [0.25, 0.3) is 0 Å². The summed E-state index contributed by atoms with van der Waals surface area (Å²) in [5, 5.41) is 0. The van der Waals surface area contributed by atoms with Crippen LogP contribution in [-0.4, -0.2) is 0 Å². The van der Waals surface area contributed by atoms with Gasteiger partial charge in [-0.15, -0.1) is 0 Å². The van der Waals surface area contributed by atoms with E-state index in [4.69, 9.17) is 0 Å². The fourth-order valence-corrected chi connectivity index (χ4v) is 7.37. The van der Waals surface area contributed by atoms with Crippen LogP contribution in [0.5, 0.6) is 0 Å². The molecule has 0 bridgehead atoms. The van der Waals surface area contributed by atoms with Crippen LogP contribution in [0.25, 0.3) is 22.3 Å². The summed E-state index contributed by atoms with van der Waals surface area (Å²) in [6, 6.07) is 32.5. The van der Waals surface area contributed by atoms with Gasteiger partial charge in [0.1, 0.15) is 0 Å². The number of unbranched alkanes of at least 4 members (excludes halogenated alkanes) is 5. The van der Waals surface area contributed by atoms with Crippen molar-refractivity contribution < 1.29 is 0 Å². The van der Waals surface area contributed by atoms with Gasteiger partial charge in [0.05, 0.1) is 0 Å². The summed E-state index contributed by atoms with van der Waals surface area (Å²) in [6.45, 7) is 11.7. The highest BCUT2D eigenvalue weighted by Gasteiger charge is 2.17. The fraction of sp³-hybridized carbons (Fsp3) is 0.478. The summed E-state index contributed by atoms with van der Waals surface area (Å²) < 4.78 is 0. The predicted molar refractivity (Wildman–Crippen MR) is 204 cm³/mol. The Morgan fingerprint density at radius 3 is 1.76 bits per heavy atom. The molecule has 0 saturated heterocycles. The molecule has 0 saturated carbocycles. The summed E-state index contributed by atoms with van der Waals surface area (Å²) in [4.78, 5) is 0. The lowest BCUT2D eigenvalue weighted by atomic mass is 9.83. The van der Waals surface area contributed by atoms with Crippen molar-refractivity contribution in [2.45, 2.75) is 137 Å². The van der Waals surface area contributed by atoms with E-state index in [2.05, 4.69) is 120 Å². The molecular weight excluding hydrogens is 553 g/mol. The summed E-state index contributed by atoms with van der Waals surface area (Å²) in [5.74, 6) is 0.701. The molecule has 4 rings (SSSR count). The molecule has 1 unspecified atom stereocenters. The van der Waals surface area contributed by atoms with Crippen molar-refractivity contribution >= 4 is 0 Å². The van der Waals surface area contributed by atoms with E-state index in [1.807, 2.05) is 0 Å². The third-order valence-corrected chi connectivity index (χ3v) is 10.1. The van der Waals surface area contributed by atoms with Crippen LogP contribution in [0.15, 0.2) is 84.9 Å². The lowest BCUT2D eigenvalue weighted by molar-refractivity contribution is 0.467. The number of hydrogen-bond acceptors (Lipinski definition) is 0. The normalized spacial score (nSPS) is 12.0. The van der Waals surface area contributed by atoms with Gasteiger partial charge in [-0.3, -0.25) is 0 Å². The number of aryl methyl sites for hydroxylation is 4. The van der Waals surface area contributed by atoms with E-state index >= 15 is 0 Å². The zero-order chi connectivity index (χ0) is 32.6. The first kappa shape index (κ1) is 35.7. The molecular formula is C46H62. The van der Waals surface area contributed by atoms with Crippen molar-refractivity contribution in [2.75, 3.05) is 0 Å². The van der Waals surface area contributed by atoms with Crippen LogP contribution in [0.3, 0.4) is 0 Å². The molecule has 0 aliphatic carbocycles. The first-order valence-corrected chi connectivity index (χ1v) is 19.0. The maximum absolute atomic E-state index is 2.63. The molecule has 46 heavy (non-hydrogen) atoms. The zero-order valence-electron chi connectivity index (χ0n) is 30.0. The molecule has 1 atom stereocenters. The quantitative estimate of drug-likeness (QED) is 0.0869. The second kappa shape index (κ2) is 19.5. The number of hydrogen-bond donors (Lipinski definition) is 0. The van der Waals surface area contributed by atoms with E-state index in [9.17, 15) is 0 Å². The maximum Gasteiger partial charge on any atom is -0.00731 e. The molecule has 0 heteroatoms. The minimum atomic E-state index is 0.701. The fourth-order valence-electron chi connectivity index (χ4n) is 7.37. The average molecular weight is 615 g/mol. The van der Waals surface area contributed by atoms with Crippen LogP contribution < -0.4 is 0 Å². The first-order chi connectivity index (χ1) is 22.6. The minimum absolute atomic E-state index is 0.701. The SMILES string of the molecule is CCCCCCc1cc(CC(CC)CCc2cc(CCCC)c(-c3ccccc3)c(-c3ccccc3)c2)cc(CC)c1CCCC. The molecule has 0 aliphatic heterocycles. The van der Waals surface area contributed by atoms with Gasteiger partial charge >= 0.3 is 0 Å². The largest absolute Gasteiger partial charge is 0.0654 e. The van der Waals surface area contributed by atoms with E-state index < -0.39 is 0 Å². The highest BCUT2D eigenvalue weighted by Crippen LogP contribution is 2.38. The molecule has 0 N–H and O–H groups in total. The van der Waals surface area contributed by atoms with Gasteiger partial charge < -0.3 is 0 Å². The molecule has 4 aromatic rings. The van der Waals surface area contributed by atoms with E-state index in [-0.39, 0.29) is 0 Å². The van der Waals surface area contributed by atoms with Gasteiger partial charge in [-0.2, -0.15) is 0 Å². The number of rotatable bonds is 20. The van der Waals surface area contributed by atoms with Crippen LogP contribution in [0.2, 0.25) is 0 Å². The molecule has 0 radical (unpaired) electrons. The Labute approximate surface area is 283 Å². The van der Waals surface area contributed by atoms with Crippen molar-refractivity contribution in [3.8, 4) is 22.3 Å². The average Bonchev–Trinajstić information content (AvgIpc) is 3.10. The van der Waals surface area contributed by atoms with Crippen molar-refractivity contribution in [3.63, 3.8) is 0 Å². The first-order valence-electron chi connectivity index (χ1n) is 19.0. The van der Waals surface area contributed by atoms with Gasteiger partial charge in [0.2, 0.25) is 0 Å². The Morgan fingerprint density at radius 1 is 0.500 bits per heavy atom. The predicted octanol–water partition coefficient (Wildman–Crippen LogP) is 13.6. The molecule has 0 heterocycles. The van der Waals surface area contributed by atoms with Gasteiger partial charge in [-0.25, -0.2) is 0 Å². The van der Waals surface area contributed by atoms with Crippen LogP contribution in [0.4, 0.5) is 0 Å². The summed E-state index contributed by atoms with van der Waals surface area (Å²) in [6.07, 6.45) is 20.0. The Hall–Kier alpha value is -3.12. The van der Waals surface area contributed by atoms with Crippen molar-refractivity contribution in [1.29, 1.82) is 0 Å². The lowest BCUT2D eigenvalue weighted by Gasteiger charge is -2.21. The van der Waals surface area contributed by atoms with Gasteiger partial charge in [0, 0.05) is 0 Å². The second-order valence-corrected chi connectivity index (χ2v) is 13.7. The van der Waals surface area contributed by atoms with E-state index in [0.717, 1.165) is 19.3 Å². The van der Waals surface area contributed by atoms with Gasteiger partial charge in [0.15, 0.2) is 0 Å².